The largest absolute Gasteiger partial charge is 0.493 e. The number of anilines is 1. The van der Waals surface area contributed by atoms with E-state index in [1.54, 1.807) is 68.4 Å². The molecule has 0 N–H and O–H groups in total. The van der Waals surface area contributed by atoms with Crippen molar-refractivity contribution in [1.29, 1.82) is 0 Å². The van der Waals surface area contributed by atoms with Gasteiger partial charge < -0.3 is 19.1 Å². The monoisotopic (exact) mass is 641 g/mol. The highest BCUT2D eigenvalue weighted by Crippen LogP contribution is 2.38. The number of carbonyl (C=O) groups is 3. The van der Waals surface area contributed by atoms with E-state index in [-0.39, 0.29) is 45.1 Å². The lowest BCUT2D eigenvalue weighted by Crippen LogP contribution is -2.41. The number of fused-ring (bicyclic) bond motifs is 2. The molecule has 1 aromatic heterocycles. The van der Waals surface area contributed by atoms with E-state index in [1.807, 2.05) is 0 Å². The minimum absolute atomic E-state index is 0.0341. The number of esters is 2. The van der Waals surface area contributed by atoms with E-state index in [2.05, 4.69) is 4.99 Å². The Morgan fingerprint density at radius 3 is 2.48 bits per heavy atom. The standard InChI is InChI=1S/C34H28FN3O7S/c1-5-44-33(42)27-18(2)36-34-38(29(27)20-14-15-25(45-19(3)39)26(16-20)43-4)32(41)30(46-34)28-22-11-7-9-13-24(22)37(31(28)40)17-21-10-6-8-12-23(21)35/h6-16,29H,5,17H2,1-4H3/b30-28-. The van der Waals surface area contributed by atoms with Gasteiger partial charge in [-0.15, -0.1) is 0 Å². The molecule has 1 atom stereocenters. The summed E-state index contributed by atoms with van der Waals surface area (Å²) in [6.45, 7) is 4.64. The van der Waals surface area contributed by atoms with Crippen molar-refractivity contribution < 1.29 is 33.0 Å². The number of benzene rings is 3. The third-order valence-electron chi connectivity index (χ3n) is 7.69. The van der Waals surface area contributed by atoms with E-state index in [0.717, 1.165) is 11.3 Å². The first-order valence-electron chi connectivity index (χ1n) is 14.4. The maximum absolute atomic E-state index is 14.6. The molecular formula is C34H28FN3O7S. The van der Waals surface area contributed by atoms with Gasteiger partial charge in [-0.1, -0.05) is 53.8 Å². The van der Waals surface area contributed by atoms with Gasteiger partial charge in [0, 0.05) is 18.1 Å². The van der Waals surface area contributed by atoms with Crippen molar-refractivity contribution in [2.75, 3.05) is 18.6 Å². The predicted octanol–water partition coefficient (Wildman–Crippen LogP) is 3.79. The van der Waals surface area contributed by atoms with E-state index < -0.39 is 35.3 Å². The first kappa shape index (κ1) is 30.7. The number of hydrogen-bond donors (Lipinski definition) is 0. The summed E-state index contributed by atoms with van der Waals surface area (Å²) in [4.78, 5) is 59.9. The number of amides is 1. The number of aromatic nitrogens is 1. The van der Waals surface area contributed by atoms with Gasteiger partial charge in [-0.05, 0) is 43.7 Å². The minimum Gasteiger partial charge on any atom is -0.493 e. The first-order chi connectivity index (χ1) is 22.1. The van der Waals surface area contributed by atoms with Crippen molar-refractivity contribution in [3.8, 4) is 11.5 Å². The number of para-hydroxylation sites is 1. The Kier molecular flexibility index (Phi) is 8.13. The summed E-state index contributed by atoms with van der Waals surface area (Å²) < 4.78 is 32.2. The molecule has 2 aliphatic heterocycles. The second-order valence-electron chi connectivity index (χ2n) is 10.5. The Hall–Kier alpha value is -5.36. The third-order valence-corrected chi connectivity index (χ3v) is 8.74. The molecule has 1 unspecified atom stereocenters. The molecule has 4 aromatic rings. The third kappa shape index (κ3) is 5.20. The average Bonchev–Trinajstić information content (AvgIpc) is 3.49. The lowest BCUT2D eigenvalue weighted by Gasteiger charge is -2.25. The molecule has 0 bridgehead atoms. The fourth-order valence-electron chi connectivity index (χ4n) is 5.70. The SMILES string of the molecule is CCOC(=O)C1=C(C)N=c2s/c(=C3\C(=O)N(Cc4ccccc4F)c4ccccc43)c(=O)n2C1c1ccc(OC(C)=O)c(OC)c1. The van der Waals surface area contributed by atoms with Crippen LogP contribution in [0, 0.1) is 5.82 Å². The van der Waals surface area contributed by atoms with Crippen molar-refractivity contribution in [3.63, 3.8) is 0 Å². The van der Waals surface area contributed by atoms with Crippen LogP contribution >= 0.6 is 11.3 Å². The number of rotatable bonds is 7. The number of ether oxygens (including phenoxy) is 3. The molecule has 0 spiro atoms. The van der Waals surface area contributed by atoms with Crippen molar-refractivity contribution in [2.45, 2.75) is 33.4 Å². The summed E-state index contributed by atoms with van der Waals surface area (Å²) in [5.74, 6) is -1.74. The minimum atomic E-state index is -1.01. The molecule has 1 amide bonds. The van der Waals surface area contributed by atoms with Gasteiger partial charge in [-0.2, -0.15) is 0 Å². The molecular weight excluding hydrogens is 613 g/mol. The lowest BCUT2D eigenvalue weighted by molar-refractivity contribution is -0.139. The van der Waals surface area contributed by atoms with Crippen LogP contribution in [-0.4, -0.2) is 36.1 Å². The van der Waals surface area contributed by atoms with Crippen LogP contribution in [0.2, 0.25) is 0 Å². The Morgan fingerprint density at radius 2 is 1.76 bits per heavy atom. The molecule has 2 aliphatic rings. The van der Waals surface area contributed by atoms with Crippen LogP contribution in [0.5, 0.6) is 11.5 Å². The summed E-state index contributed by atoms with van der Waals surface area (Å²) in [6.07, 6.45) is 0. The fraction of sp³-hybridized carbons (Fsp3) is 0.206. The van der Waals surface area contributed by atoms with Crippen LogP contribution in [0.1, 0.15) is 43.5 Å². The summed E-state index contributed by atoms with van der Waals surface area (Å²) in [7, 11) is 1.41. The number of thiazole rings is 1. The van der Waals surface area contributed by atoms with E-state index >= 15 is 0 Å². The zero-order valence-electron chi connectivity index (χ0n) is 25.3. The Balaban J connectivity index is 1.57. The molecule has 12 heteroatoms. The molecule has 10 nitrogen and oxygen atoms in total. The first-order valence-corrected chi connectivity index (χ1v) is 15.2. The summed E-state index contributed by atoms with van der Waals surface area (Å²) in [5.41, 5.74) is 1.95. The van der Waals surface area contributed by atoms with Crippen molar-refractivity contribution in [3.05, 3.63) is 120 Å². The highest BCUT2D eigenvalue weighted by molar-refractivity contribution is 7.07. The zero-order valence-corrected chi connectivity index (χ0v) is 26.1. The average molecular weight is 642 g/mol. The van der Waals surface area contributed by atoms with Gasteiger partial charge in [0.15, 0.2) is 16.3 Å². The van der Waals surface area contributed by atoms with Gasteiger partial charge in [-0.25, -0.2) is 14.2 Å². The maximum Gasteiger partial charge on any atom is 0.338 e. The second-order valence-corrected chi connectivity index (χ2v) is 11.5. The second kappa shape index (κ2) is 12.2. The van der Waals surface area contributed by atoms with Gasteiger partial charge in [-0.3, -0.25) is 19.0 Å². The van der Waals surface area contributed by atoms with E-state index in [9.17, 15) is 23.6 Å². The van der Waals surface area contributed by atoms with E-state index in [1.165, 1.54) is 35.6 Å². The van der Waals surface area contributed by atoms with E-state index in [0.29, 0.717) is 28.1 Å². The zero-order chi connectivity index (χ0) is 32.7. The molecule has 0 saturated carbocycles. The van der Waals surface area contributed by atoms with Crippen LogP contribution < -0.4 is 29.3 Å². The number of halogens is 1. The number of hydrogen-bond acceptors (Lipinski definition) is 9. The Labute approximate surface area is 266 Å². The van der Waals surface area contributed by atoms with Crippen molar-refractivity contribution in [2.24, 2.45) is 4.99 Å². The maximum atomic E-state index is 14.6. The highest BCUT2D eigenvalue weighted by atomic mass is 32.1. The van der Waals surface area contributed by atoms with Crippen LogP contribution in [0.4, 0.5) is 10.1 Å². The number of methoxy groups -OCH3 is 1. The molecule has 3 heterocycles. The quantitative estimate of drug-likeness (QED) is 0.223. The Morgan fingerprint density at radius 1 is 1.02 bits per heavy atom. The van der Waals surface area contributed by atoms with Crippen LogP contribution in [0.25, 0.3) is 5.57 Å². The molecule has 234 valence electrons. The van der Waals surface area contributed by atoms with Gasteiger partial charge in [0.05, 0.1) is 48.8 Å². The fourth-order valence-corrected chi connectivity index (χ4v) is 6.84. The smallest absolute Gasteiger partial charge is 0.338 e. The molecule has 0 radical (unpaired) electrons. The molecule has 0 aliphatic carbocycles. The van der Waals surface area contributed by atoms with Crippen molar-refractivity contribution in [1.82, 2.24) is 4.57 Å². The summed E-state index contributed by atoms with van der Waals surface area (Å²) in [6, 6.07) is 16.9. The number of nitrogens with zero attached hydrogens (tertiary/aromatic N) is 3. The molecule has 6 rings (SSSR count). The Bertz CT molecular complexity index is 2150. The normalized spacial score (nSPS) is 16.5. The molecule has 0 saturated heterocycles. The summed E-state index contributed by atoms with van der Waals surface area (Å²) >= 11 is 1.03. The van der Waals surface area contributed by atoms with Gasteiger partial charge in [0.1, 0.15) is 10.3 Å². The van der Waals surface area contributed by atoms with Crippen LogP contribution in [0.3, 0.4) is 0 Å². The van der Waals surface area contributed by atoms with Gasteiger partial charge >= 0.3 is 11.9 Å². The van der Waals surface area contributed by atoms with Gasteiger partial charge in [0.25, 0.3) is 11.5 Å². The van der Waals surface area contributed by atoms with E-state index in [4.69, 9.17) is 14.2 Å². The molecule has 46 heavy (non-hydrogen) atoms. The highest BCUT2D eigenvalue weighted by Gasteiger charge is 2.38. The predicted molar refractivity (Wildman–Crippen MR) is 168 cm³/mol. The number of carbonyl (C=O) groups excluding carboxylic acids is 3. The van der Waals surface area contributed by atoms with Crippen LogP contribution in [0.15, 0.2) is 87.8 Å². The topological polar surface area (TPSA) is 117 Å². The van der Waals surface area contributed by atoms with Gasteiger partial charge in [0.2, 0.25) is 0 Å². The number of allylic oxidation sites excluding steroid dienone is 1. The van der Waals surface area contributed by atoms with Crippen molar-refractivity contribution >= 4 is 40.4 Å². The summed E-state index contributed by atoms with van der Waals surface area (Å²) in [5, 5.41) is 0. The van der Waals surface area contributed by atoms with Crippen LogP contribution in [-0.2, 0) is 25.7 Å². The molecule has 0 fully saturated rings. The molecule has 3 aromatic carbocycles. The lowest BCUT2D eigenvalue weighted by atomic mass is 9.95.